The van der Waals surface area contributed by atoms with Gasteiger partial charge >= 0.3 is 0 Å². The first-order valence-corrected chi connectivity index (χ1v) is 4.26. The van der Waals surface area contributed by atoms with Gasteiger partial charge < -0.3 is 0 Å². The lowest BCUT2D eigenvalue weighted by molar-refractivity contribution is 0.910. The Morgan fingerprint density at radius 1 is 1.36 bits per heavy atom. The summed E-state index contributed by atoms with van der Waals surface area (Å²) in [6.45, 7) is 10.0. The van der Waals surface area contributed by atoms with E-state index in [4.69, 9.17) is 6.42 Å². The standard InChI is InChI=1S/C6H12.C5H8/c1-4-5-6(2)3;1-3-5-4-2/h2,4-5H2,1,3H3;1H,4-5H2,2H3. The number of hydrogen-bond donors (Lipinski definition) is 0. The van der Waals surface area contributed by atoms with Gasteiger partial charge in [-0.05, 0) is 19.8 Å². The zero-order valence-electron chi connectivity index (χ0n) is 8.11. The number of allylic oxidation sites excluding steroid dienone is 1. The van der Waals surface area contributed by atoms with E-state index in [1.807, 2.05) is 0 Å². The molecular weight excluding hydrogens is 132 g/mol. The first-order valence-electron chi connectivity index (χ1n) is 4.26. The van der Waals surface area contributed by atoms with E-state index in [9.17, 15) is 0 Å². The average Bonchev–Trinajstić information content (AvgIpc) is 1.90. The summed E-state index contributed by atoms with van der Waals surface area (Å²) in [5, 5.41) is 0. The first-order chi connectivity index (χ1) is 5.18. The third-order valence-electron chi connectivity index (χ3n) is 1.07. The molecule has 0 aromatic rings. The fourth-order valence-corrected chi connectivity index (χ4v) is 0.571. The molecule has 0 rings (SSSR count). The van der Waals surface area contributed by atoms with Gasteiger partial charge in [-0.3, -0.25) is 0 Å². The minimum atomic E-state index is 0.917. The van der Waals surface area contributed by atoms with Gasteiger partial charge in [-0.25, -0.2) is 0 Å². The Hall–Kier alpha value is -0.700. The van der Waals surface area contributed by atoms with Crippen LogP contribution in [0.15, 0.2) is 12.2 Å². The summed E-state index contributed by atoms with van der Waals surface area (Å²) in [6.07, 6.45) is 9.33. The zero-order valence-corrected chi connectivity index (χ0v) is 8.11. The Morgan fingerprint density at radius 2 is 1.91 bits per heavy atom. The van der Waals surface area contributed by atoms with Gasteiger partial charge in [-0.15, -0.1) is 18.9 Å². The van der Waals surface area contributed by atoms with Crippen molar-refractivity contribution in [1.82, 2.24) is 0 Å². The Morgan fingerprint density at radius 3 is 1.91 bits per heavy atom. The van der Waals surface area contributed by atoms with Gasteiger partial charge in [-0.2, -0.15) is 0 Å². The zero-order chi connectivity index (χ0) is 9.11. The van der Waals surface area contributed by atoms with Crippen LogP contribution in [0.1, 0.15) is 46.5 Å². The lowest BCUT2D eigenvalue weighted by atomic mass is 10.2. The van der Waals surface area contributed by atoms with Crippen molar-refractivity contribution < 1.29 is 0 Å². The summed E-state index contributed by atoms with van der Waals surface area (Å²) in [7, 11) is 0. The van der Waals surface area contributed by atoms with Crippen LogP contribution in [0.2, 0.25) is 0 Å². The van der Waals surface area contributed by atoms with Gasteiger partial charge in [0.15, 0.2) is 0 Å². The number of terminal acetylenes is 1. The molecule has 0 aliphatic rings. The van der Waals surface area contributed by atoms with Crippen molar-refractivity contribution in [2.24, 2.45) is 0 Å². The molecule has 0 fully saturated rings. The molecule has 0 bridgehead atoms. The topological polar surface area (TPSA) is 0 Å². The highest BCUT2D eigenvalue weighted by atomic mass is 13.8. The molecule has 0 heterocycles. The van der Waals surface area contributed by atoms with E-state index in [2.05, 4.69) is 33.3 Å². The predicted octanol–water partition coefficient (Wildman–Crippen LogP) is 3.78. The van der Waals surface area contributed by atoms with Gasteiger partial charge in [0.05, 0.1) is 0 Å². The molecule has 0 unspecified atom stereocenters. The maximum Gasteiger partial charge on any atom is 0.00834 e. The van der Waals surface area contributed by atoms with Crippen molar-refractivity contribution in [3.05, 3.63) is 12.2 Å². The SMILES string of the molecule is C#CCCC.C=C(C)CCC. The van der Waals surface area contributed by atoms with Crippen molar-refractivity contribution in [1.29, 1.82) is 0 Å². The molecule has 0 heteroatoms. The van der Waals surface area contributed by atoms with Crippen molar-refractivity contribution in [2.45, 2.75) is 46.5 Å². The first kappa shape index (κ1) is 12.9. The van der Waals surface area contributed by atoms with E-state index in [0.717, 1.165) is 12.8 Å². The normalized spacial score (nSPS) is 7.45. The Bertz CT molecular complexity index is 114. The molecule has 0 aliphatic heterocycles. The maximum absolute atomic E-state index is 4.89. The largest absolute Gasteiger partial charge is 0.120 e. The van der Waals surface area contributed by atoms with Crippen molar-refractivity contribution in [3.8, 4) is 12.3 Å². The third-order valence-corrected chi connectivity index (χ3v) is 1.07. The number of unbranched alkanes of at least 4 members (excludes halogenated alkanes) is 1. The van der Waals surface area contributed by atoms with Crippen molar-refractivity contribution in [2.75, 3.05) is 0 Å². The van der Waals surface area contributed by atoms with Crippen LogP contribution in [0.3, 0.4) is 0 Å². The molecule has 0 amide bonds. The Labute approximate surface area is 71.7 Å². The molecule has 0 spiro atoms. The van der Waals surface area contributed by atoms with Gasteiger partial charge in [0, 0.05) is 6.42 Å². The molecule has 0 aromatic heterocycles. The quantitative estimate of drug-likeness (QED) is 0.426. The summed E-state index contributed by atoms with van der Waals surface area (Å²) >= 11 is 0. The second kappa shape index (κ2) is 12.0. The highest BCUT2D eigenvalue weighted by molar-refractivity contribution is 4.86. The van der Waals surface area contributed by atoms with Crippen LogP contribution in [0.25, 0.3) is 0 Å². The number of hydrogen-bond acceptors (Lipinski definition) is 0. The van der Waals surface area contributed by atoms with E-state index in [0.29, 0.717) is 0 Å². The molecule has 0 radical (unpaired) electrons. The molecule has 0 aliphatic carbocycles. The molecule has 0 nitrogen and oxygen atoms in total. The lowest BCUT2D eigenvalue weighted by Crippen LogP contribution is -1.66. The van der Waals surface area contributed by atoms with Crippen LogP contribution in [0.4, 0.5) is 0 Å². The molecule has 64 valence electrons. The van der Waals surface area contributed by atoms with Gasteiger partial charge in [-0.1, -0.05) is 25.8 Å². The van der Waals surface area contributed by atoms with Crippen molar-refractivity contribution >= 4 is 0 Å². The molecule has 0 atom stereocenters. The smallest absolute Gasteiger partial charge is 0.00834 e. The minimum Gasteiger partial charge on any atom is -0.120 e. The second-order valence-electron chi connectivity index (χ2n) is 2.66. The van der Waals surface area contributed by atoms with Gasteiger partial charge in [0.1, 0.15) is 0 Å². The van der Waals surface area contributed by atoms with Crippen LogP contribution < -0.4 is 0 Å². The van der Waals surface area contributed by atoms with Crippen LogP contribution in [0, 0.1) is 12.3 Å². The van der Waals surface area contributed by atoms with Gasteiger partial charge in [0.2, 0.25) is 0 Å². The maximum atomic E-state index is 4.89. The third kappa shape index (κ3) is 26.8. The molecular formula is C11H20. The van der Waals surface area contributed by atoms with Crippen LogP contribution in [0.5, 0.6) is 0 Å². The van der Waals surface area contributed by atoms with E-state index < -0.39 is 0 Å². The van der Waals surface area contributed by atoms with Crippen molar-refractivity contribution in [3.63, 3.8) is 0 Å². The van der Waals surface area contributed by atoms with Crippen LogP contribution in [-0.4, -0.2) is 0 Å². The summed E-state index contributed by atoms with van der Waals surface area (Å²) in [6, 6.07) is 0. The van der Waals surface area contributed by atoms with E-state index in [1.54, 1.807) is 0 Å². The molecule has 0 saturated heterocycles. The summed E-state index contributed by atoms with van der Waals surface area (Å²) in [5.74, 6) is 2.52. The van der Waals surface area contributed by atoms with E-state index in [-0.39, 0.29) is 0 Å². The summed E-state index contributed by atoms with van der Waals surface area (Å²) < 4.78 is 0. The fourth-order valence-electron chi connectivity index (χ4n) is 0.571. The second-order valence-corrected chi connectivity index (χ2v) is 2.66. The van der Waals surface area contributed by atoms with Crippen LogP contribution >= 0.6 is 0 Å². The summed E-state index contributed by atoms with van der Waals surface area (Å²) in [4.78, 5) is 0. The molecule has 0 N–H and O–H groups in total. The van der Waals surface area contributed by atoms with Gasteiger partial charge in [0.25, 0.3) is 0 Å². The monoisotopic (exact) mass is 152 g/mol. The number of rotatable bonds is 3. The van der Waals surface area contributed by atoms with E-state index >= 15 is 0 Å². The molecule has 11 heavy (non-hydrogen) atoms. The van der Waals surface area contributed by atoms with Crippen LogP contribution in [-0.2, 0) is 0 Å². The minimum absolute atomic E-state index is 0.917. The summed E-state index contributed by atoms with van der Waals surface area (Å²) in [5.41, 5.74) is 1.29. The Kier molecular flexibility index (Phi) is 14.1. The molecule has 0 aromatic carbocycles. The highest BCUT2D eigenvalue weighted by Crippen LogP contribution is 1.96. The molecule has 0 saturated carbocycles. The van der Waals surface area contributed by atoms with E-state index in [1.165, 1.54) is 18.4 Å². The highest BCUT2D eigenvalue weighted by Gasteiger charge is 1.76. The average molecular weight is 152 g/mol. The fraction of sp³-hybridized carbons (Fsp3) is 0.636. The lowest BCUT2D eigenvalue weighted by Gasteiger charge is -1.87. The Balaban J connectivity index is 0. The predicted molar refractivity (Wildman–Crippen MR) is 53.5 cm³/mol.